The lowest BCUT2D eigenvalue weighted by Gasteiger charge is -2.29. The quantitative estimate of drug-likeness (QED) is 0.288. The summed E-state index contributed by atoms with van der Waals surface area (Å²) in [5.41, 5.74) is 6.62. The van der Waals surface area contributed by atoms with Crippen molar-refractivity contribution < 1.29 is 4.39 Å². The average molecular weight is 569 g/mol. The smallest absolute Gasteiger partial charge is 0.261 e. The molecular formula is C30H29FN8OS. The van der Waals surface area contributed by atoms with Gasteiger partial charge in [-0.05, 0) is 61.6 Å². The van der Waals surface area contributed by atoms with Crippen molar-refractivity contribution >= 4 is 39.7 Å². The number of anilines is 3. The number of nitrogens with one attached hydrogen (secondary N) is 2. The van der Waals surface area contributed by atoms with Crippen molar-refractivity contribution in [2.24, 2.45) is 0 Å². The third kappa shape index (κ3) is 5.07. The molecule has 0 bridgehead atoms. The average Bonchev–Trinajstić information content (AvgIpc) is 3.75. The molecule has 4 aromatic heterocycles. The van der Waals surface area contributed by atoms with E-state index in [1.54, 1.807) is 28.5 Å². The van der Waals surface area contributed by atoms with Crippen LogP contribution in [0.5, 0.6) is 0 Å². The fourth-order valence-electron chi connectivity index (χ4n) is 5.46. The molecule has 7 rings (SSSR count). The number of hydrogen-bond acceptors (Lipinski definition) is 9. The Hall–Kier alpha value is -4.22. The second-order valence-electron chi connectivity index (χ2n) is 10.5. The predicted octanol–water partition coefficient (Wildman–Crippen LogP) is 4.84. The van der Waals surface area contributed by atoms with Gasteiger partial charge in [-0.1, -0.05) is 6.07 Å². The number of nitrogens with zero attached hydrogens (tertiary/aromatic N) is 6. The van der Waals surface area contributed by atoms with E-state index in [2.05, 4.69) is 31.7 Å². The van der Waals surface area contributed by atoms with E-state index in [1.807, 2.05) is 30.0 Å². The molecule has 2 N–H and O–H groups in total. The standard InChI is InChI=1S/C30H29FN8OS/c1-18-27(41-17-35-18)23-13-20-15-34-30(36-21-6-7-26(24(31)14-21)38-11-9-32-10-12-38)37-28(20)39(29(23)40)16-25-22(19-4-5-19)3-2-8-33-25/h2-3,6-8,13-15,17,19,32H,4-5,9-12,16H2,1H3,(H,34,36,37). The number of piperazine rings is 1. The number of aryl methyl sites for hydroxylation is 1. The maximum absolute atomic E-state index is 15.1. The molecule has 0 amide bonds. The summed E-state index contributed by atoms with van der Waals surface area (Å²) >= 11 is 1.44. The molecule has 1 aliphatic heterocycles. The molecule has 0 spiro atoms. The summed E-state index contributed by atoms with van der Waals surface area (Å²) in [5.74, 6) is 0.463. The number of fused-ring (bicyclic) bond motifs is 1. The third-order valence-corrected chi connectivity index (χ3v) is 8.69. The molecule has 0 unspecified atom stereocenters. The first-order chi connectivity index (χ1) is 20.0. The van der Waals surface area contributed by atoms with Crippen LogP contribution in [0.15, 0.2) is 59.1 Å². The highest BCUT2D eigenvalue weighted by atomic mass is 32.1. The van der Waals surface area contributed by atoms with E-state index in [0.29, 0.717) is 28.5 Å². The minimum absolute atomic E-state index is 0.159. The maximum Gasteiger partial charge on any atom is 0.261 e. The zero-order chi connectivity index (χ0) is 27.9. The molecule has 2 aliphatic rings. The third-order valence-electron chi connectivity index (χ3n) is 7.73. The normalized spacial score (nSPS) is 15.4. The number of pyridine rings is 2. The van der Waals surface area contributed by atoms with Crippen LogP contribution in [-0.4, -0.2) is 50.7 Å². The summed E-state index contributed by atoms with van der Waals surface area (Å²) in [5, 5.41) is 7.15. The minimum Gasteiger partial charge on any atom is -0.367 e. The van der Waals surface area contributed by atoms with E-state index in [4.69, 9.17) is 4.98 Å². The summed E-state index contributed by atoms with van der Waals surface area (Å²) in [6.45, 7) is 5.37. The zero-order valence-corrected chi connectivity index (χ0v) is 23.4. The number of aromatic nitrogens is 5. The van der Waals surface area contributed by atoms with Crippen molar-refractivity contribution in [3.8, 4) is 10.4 Å². The Morgan fingerprint density at radius 1 is 1.12 bits per heavy atom. The largest absolute Gasteiger partial charge is 0.367 e. The van der Waals surface area contributed by atoms with Gasteiger partial charge < -0.3 is 15.5 Å². The summed E-state index contributed by atoms with van der Waals surface area (Å²) in [7, 11) is 0. The molecule has 208 valence electrons. The maximum atomic E-state index is 15.1. The lowest BCUT2D eigenvalue weighted by molar-refractivity contribution is 0.566. The van der Waals surface area contributed by atoms with Gasteiger partial charge in [0.15, 0.2) is 0 Å². The van der Waals surface area contributed by atoms with Crippen molar-refractivity contribution in [2.75, 3.05) is 36.4 Å². The van der Waals surface area contributed by atoms with Crippen LogP contribution in [0.1, 0.15) is 35.7 Å². The molecule has 11 heteroatoms. The first-order valence-corrected chi connectivity index (χ1v) is 14.7. The zero-order valence-electron chi connectivity index (χ0n) is 22.6. The molecule has 9 nitrogen and oxygen atoms in total. The fraction of sp³-hybridized carbons (Fsp3) is 0.300. The van der Waals surface area contributed by atoms with Crippen LogP contribution in [0.4, 0.5) is 21.7 Å². The van der Waals surface area contributed by atoms with Gasteiger partial charge >= 0.3 is 0 Å². The van der Waals surface area contributed by atoms with E-state index in [9.17, 15) is 4.79 Å². The molecule has 41 heavy (non-hydrogen) atoms. The van der Waals surface area contributed by atoms with Crippen LogP contribution in [0, 0.1) is 12.7 Å². The van der Waals surface area contributed by atoms with Crippen molar-refractivity contribution in [1.82, 2.24) is 29.8 Å². The van der Waals surface area contributed by atoms with Crippen LogP contribution in [0.25, 0.3) is 21.5 Å². The second kappa shape index (κ2) is 10.6. The lowest BCUT2D eigenvalue weighted by atomic mass is 10.1. The number of benzene rings is 1. The van der Waals surface area contributed by atoms with Gasteiger partial charge in [0, 0.05) is 49.6 Å². The SMILES string of the molecule is Cc1ncsc1-c1cc2cnc(Nc3ccc(N4CCNCC4)c(F)c3)nc2n(Cc2ncccc2C2CC2)c1=O. The Morgan fingerprint density at radius 3 is 2.73 bits per heavy atom. The molecule has 5 aromatic rings. The summed E-state index contributed by atoms with van der Waals surface area (Å²) in [6, 6.07) is 11.0. The first kappa shape index (κ1) is 25.7. The molecular weight excluding hydrogens is 539 g/mol. The van der Waals surface area contributed by atoms with E-state index in [0.717, 1.165) is 60.7 Å². The molecule has 1 saturated carbocycles. The van der Waals surface area contributed by atoms with Gasteiger partial charge in [-0.25, -0.2) is 14.4 Å². The molecule has 1 aromatic carbocycles. The molecule has 0 radical (unpaired) electrons. The van der Waals surface area contributed by atoms with Crippen LogP contribution in [0.2, 0.25) is 0 Å². The Bertz CT molecular complexity index is 1810. The highest BCUT2D eigenvalue weighted by Crippen LogP contribution is 2.41. The van der Waals surface area contributed by atoms with Gasteiger partial charge in [0.1, 0.15) is 11.5 Å². The Labute approximate surface area is 240 Å². The monoisotopic (exact) mass is 568 g/mol. The highest BCUT2D eigenvalue weighted by molar-refractivity contribution is 7.13. The summed E-state index contributed by atoms with van der Waals surface area (Å²) in [4.78, 5) is 35.2. The number of hydrogen-bond donors (Lipinski definition) is 2. The second-order valence-corrected chi connectivity index (χ2v) is 11.4. The lowest BCUT2D eigenvalue weighted by Crippen LogP contribution is -2.43. The van der Waals surface area contributed by atoms with Gasteiger partial charge in [0.25, 0.3) is 5.56 Å². The van der Waals surface area contributed by atoms with Crippen molar-refractivity contribution in [2.45, 2.75) is 32.2 Å². The van der Waals surface area contributed by atoms with Gasteiger partial charge in [-0.3, -0.25) is 14.3 Å². The molecule has 5 heterocycles. The van der Waals surface area contributed by atoms with Crippen LogP contribution in [0.3, 0.4) is 0 Å². The Kier molecular flexibility index (Phi) is 6.68. The van der Waals surface area contributed by atoms with Crippen LogP contribution >= 0.6 is 11.3 Å². The van der Waals surface area contributed by atoms with Crippen LogP contribution < -0.4 is 21.1 Å². The van der Waals surface area contributed by atoms with E-state index in [1.165, 1.54) is 23.0 Å². The van der Waals surface area contributed by atoms with Gasteiger partial charge in [0.2, 0.25) is 5.95 Å². The number of rotatable bonds is 7. The van der Waals surface area contributed by atoms with Crippen molar-refractivity contribution in [3.63, 3.8) is 0 Å². The summed E-state index contributed by atoms with van der Waals surface area (Å²) < 4.78 is 16.7. The number of thiazole rings is 1. The topological polar surface area (TPSA) is 101 Å². The van der Waals surface area contributed by atoms with Gasteiger partial charge in [-0.2, -0.15) is 4.98 Å². The molecule has 1 saturated heterocycles. The summed E-state index contributed by atoms with van der Waals surface area (Å²) in [6.07, 6.45) is 5.74. The van der Waals surface area contributed by atoms with E-state index >= 15 is 4.39 Å². The molecule has 2 fully saturated rings. The van der Waals surface area contributed by atoms with Gasteiger partial charge in [0.05, 0.1) is 39.6 Å². The van der Waals surface area contributed by atoms with Crippen molar-refractivity contribution in [3.05, 3.63) is 87.4 Å². The van der Waals surface area contributed by atoms with E-state index < -0.39 is 0 Å². The Balaban J connectivity index is 1.29. The van der Waals surface area contributed by atoms with E-state index in [-0.39, 0.29) is 23.9 Å². The molecule has 0 atom stereocenters. The Morgan fingerprint density at radius 2 is 1.98 bits per heavy atom. The van der Waals surface area contributed by atoms with Gasteiger partial charge in [-0.15, -0.1) is 11.3 Å². The van der Waals surface area contributed by atoms with Crippen molar-refractivity contribution in [1.29, 1.82) is 0 Å². The minimum atomic E-state index is -0.304. The predicted molar refractivity (Wildman–Crippen MR) is 160 cm³/mol. The molecule has 1 aliphatic carbocycles. The highest BCUT2D eigenvalue weighted by Gasteiger charge is 2.27. The van der Waals surface area contributed by atoms with Crippen LogP contribution in [-0.2, 0) is 6.54 Å². The first-order valence-electron chi connectivity index (χ1n) is 13.8. The number of halogens is 1. The fourth-order valence-corrected chi connectivity index (χ4v) is 6.28.